The number of hydrogen-bond donors (Lipinski definition) is 1. The van der Waals surface area contributed by atoms with Crippen molar-refractivity contribution in [2.24, 2.45) is 0 Å². The summed E-state index contributed by atoms with van der Waals surface area (Å²) in [5, 5.41) is 13.5. The van der Waals surface area contributed by atoms with Gasteiger partial charge in [-0.15, -0.1) is 5.10 Å². The second kappa shape index (κ2) is 11.5. The number of H-pyrrole nitrogens is 1. The van der Waals surface area contributed by atoms with Crippen LogP contribution in [0.3, 0.4) is 0 Å². The van der Waals surface area contributed by atoms with Crippen LogP contribution >= 0.6 is 0 Å². The monoisotopic (exact) mass is 512 g/mol. The van der Waals surface area contributed by atoms with E-state index in [4.69, 9.17) is 4.74 Å². The molecule has 0 fully saturated rings. The molecular formula is C29H29FN6O2. The first-order chi connectivity index (χ1) is 18.5. The molecule has 194 valence electrons. The fourth-order valence-electron chi connectivity index (χ4n) is 4.73. The van der Waals surface area contributed by atoms with Gasteiger partial charge in [-0.1, -0.05) is 60.7 Å². The van der Waals surface area contributed by atoms with Gasteiger partial charge in [0.1, 0.15) is 11.9 Å². The number of pyridine rings is 1. The van der Waals surface area contributed by atoms with Crippen LogP contribution in [-0.4, -0.2) is 43.8 Å². The van der Waals surface area contributed by atoms with E-state index in [0.717, 1.165) is 27.6 Å². The number of nitrogens with one attached hydrogen (secondary N) is 1. The highest BCUT2D eigenvalue weighted by atomic mass is 19.1. The van der Waals surface area contributed by atoms with Crippen LogP contribution in [0.25, 0.3) is 10.9 Å². The molecule has 0 aliphatic carbocycles. The number of rotatable bonds is 10. The fourth-order valence-corrected chi connectivity index (χ4v) is 4.73. The number of fused-ring (bicyclic) bond motifs is 1. The number of aromatic nitrogens is 5. The molecule has 0 amide bonds. The zero-order valence-electron chi connectivity index (χ0n) is 21.3. The first-order valence-electron chi connectivity index (χ1n) is 12.4. The smallest absolute Gasteiger partial charge is 0.253 e. The van der Waals surface area contributed by atoms with E-state index in [9.17, 15) is 9.18 Å². The summed E-state index contributed by atoms with van der Waals surface area (Å²) in [5.41, 5.74) is 4.05. The van der Waals surface area contributed by atoms with Crippen molar-refractivity contribution in [3.63, 3.8) is 0 Å². The van der Waals surface area contributed by atoms with E-state index in [2.05, 4.69) is 25.4 Å². The molecule has 0 bridgehead atoms. The Labute approximate surface area is 219 Å². The fraction of sp³-hybridized carbons (Fsp3) is 0.241. The van der Waals surface area contributed by atoms with Crippen LogP contribution in [0.1, 0.15) is 34.1 Å². The number of aryl methyl sites for hydroxylation is 1. The van der Waals surface area contributed by atoms with E-state index in [1.807, 2.05) is 61.5 Å². The zero-order valence-corrected chi connectivity index (χ0v) is 21.3. The first kappa shape index (κ1) is 25.4. The summed E-state index contributed by atoms with van der Waals surface area (Å²) in [6.45, 7) is 3.74. The Morgan fingerprint density at radius 3 is 2.47 bits per heavy atom. The third-order valence-corrected chi connectivity index (χ3v) is 6.62. The van der Waals surface area contributed by atoms with Crippen molar-refractivity contribution in [3.05, 3.63) is 123 Å². The molecule has 0 saturated heterocycles. The summed E-state index contributed by atoms with van der Waals surface area (Å²) >= 11 is 0. The third kappa shape index (κ3) is 5.53. The molecule has 0 saturated carbocycles. The molecule has 38 heavy (non-hydrogen) atoms. The summed E-state index contributed by atoms with van der Waals surface area (Å²) in [4.78, 5) is 18.9. The molecule has 9 heteroatoms. The molecule has 0 aliphatic rings. The lowest BCUT2D eigenvalue weighted by Gasteiger charge is -2.31. The number of benzene rings is 3. The van der Waals surface area contributed by atoms with Crippen molar-refractivity contribution in [2.45, 2.75) is 32.6 Å². The number of aromatic amines is 1. The maximum atomic E-state index is 13.7. The Morgan fingerprint density at radius 2 is 1.74 bits per heavy atom. The van der Waals surface area contributed by atoms with E-state index in [1.165, 1.54) is 12.1 Å². The lowest BCUT2D eigenvalue weighted by atomic mass is 10.0. The molecule has 0 radical (unpaired) electrons. The molecule has 5 aromatic rings. The Balaban J connectivity index is 1.69. The summed E-state index contributed by atoms with van der Waals surface area (Å²) < 4.78 is 20.7. The summed E-state index contributed by atoms with van der Waals surface area (Å²) in [6, 6.07) is 23.6. The maximum absolute atomic E-state index is 13.7. The highest BCUT2D eigenvalue weighted by Gasteiger charge is 2.31. The van der Waals surface area contributed by atoms with Crippen molar-refractivity contribution in [1.29, 1.82) is 0 Å². The highest BCUT2D eigenvalue weighted by Crippen LogP contribution is 2.30. The number of methoxy groups -OCH3 is 1. The number of tetrazole rings is 1. The maximum Gasteiger partial charge on any atom is 0.253 e. The van der Waals surface area contributed by atoms with Crippen LogP contribution in [0.4, 0.5) is 4.39 Å². The number of halogens is 1. The van der Waals surface area contributed by atoms with Gasteiger partial charge in [0, 0.05) is 25.8 Å². The SMILES string of the molecule is COCCn1nnnc1[C@@H](c1cc2cccc(C)c2[nH]c1=O)N(Cc1ccccc1)Cc1ccc(F)cc1. The molecule has 0 spiro atoms. The van der Waals surface area contributed by atoms with Gasteiger partial charge in [-0.25, -0.2) is 9.07 Å². The molecule has 1 atom stereocenters. The molecular weight excluding hydrogens is 483 g/mol. The van der Waals surface area contributed by atoms with Crippen molar-refractivity contribution in [2.75, 3.05) is 13.7 Å². The number of nitrogens with zero attached hydrogens (tertiary/aromatic N) is 5. The van der Waals surface area contributed by atoms with E-state index in [0.29, 0.717) is 37.6 Å². The minimum Gasteiger partial charge on any atom is -0.383 e. The lowest BCUT2D eigenvalue weighted by Crippen LogP contribution is -2.35. The number of ether oxygens (including phenoxy) is 1. The van der Waals surface area contributed by atoms with Gasteiger partial charge >= 0.3 is 0 Å². The Morgan fingerprint density at radius 1 is 1.00 bits per heavy atom. The van der Waals surface area contributed by atoms with Gasteiger partial charge < -0.3 is 9.72 Å². The predicted molar refractivity (Wildman–Crippen MR) is 143 cm³/mol. The van der Waals surface area contributed by atoms with Gasteiger partial charge in [0.15, 0.2) is 5.82 Å². The molecule has 0 aliphatic heterocycles. The summed E-state index contributed by atoms with van der Waals surface area (Å²) in [6.07, 6.45) is 0. The van der Waals surface area contributed by atoms with Gasteiger partial charge in [0.05, 0.1) is 18.7 Å². The Bertz CT molecular complexity index is 1570. The Hall–Kier alpha value is -4.21. The third-order valence-electron chi connectivity index (χ3n) is 6.62. The van der Waals surface area contributed by atoms with Gasteiger partial charge in [-0.2, -0.15) is 0 Å². The van der Waals surface area contributed by atoms with Crippen molar-refractivity contribution < 1.29 is 9.13 Å². The van der Waals surface area contributed by atoms with E-state index in [1.54, 1.807) is 23.9 Å². The van der Waals surface area contributed by atoms with E-state index >= 15 is 0 Å². The highest BCUT2D eigenvalue weighted by molar-refractivity contribution is 5.82. The van der Waals surface area contributed by atoms with Gasteiger partial charge in [-0.05, 0) is 57.6 Å². The quantitative estimate of drug-likeness (QED) is 0.298. The van der Waals surface area contributed by atoms with Gasteiger partial charge in [0.25, 0.3) is 5.56 Å². The van der Waals surface area contributed by atoms with Crippen LogP contribution < -0.4 is 5.56 Å². The molecule has 2 aromatic heterocycles. The van der Waals surface area contributed by atoms with E-state index < -0.39 is 6.04 Å². The lowest BCUT2D eigenvalue weighted by molar-refractivity contribution is 0.169. The number of para-hydroxylation sites is 1. The first-order valence-corrected chi connectivity index (χ1v) is 12.4. The van der Waals surface area contributed by atoms with Crippen molar-refractivity contribution >= 4 is 10.9 Å². The predicted octanol–water partition coefficient (Wildman–Crippen LogP) is 4.40. The topological polar surface area (TPSA) is 88.9 Å². The molecule has 8 nitrogen and oxygen atoms in total. The van der Waals surface area contributed by atoms with Gasteiger partial charge in [-0.3, -0.25) is 9.69 Å². The minimum absolute atomic E-state index is 0.213. The molecule has 2 heterocycles. The minimum atomic E-state index is -0.597. The van der Waals surface area contributed by atoms with E-state index in [-0.39, 0.29) is 11.4 Å². The average Bonchev–Trinajstić information content (AvgIpc) is 3.38. The van der Waals surface area contributed by atoms with Crippen LogP contribution in [0.2, 0.25) is 0 Å². The standard InChI is InChI=1S/C29H29FN6O2/c1-20-7-6-10-23-17-25(29(37)31-26(20)23)27(28-32-33-34-36(28)15-16-38-2)35(18-21-8-4-3-5-9-21)19-22-11-13-24(30)14-12-22/h3-14,17,27H,15-16,18-19H2,1-2H3,(H,31,37)/t27-/m1/s1. The van der Waals surface area contributed by atoms with Crippen molar-refractivity contribution in [3.8, 4) is 0 Å². The van der Waals surface area contributed by atoms with Gasteiger partial charge in [0.2, 0.25) is 0 Å². The number of hydrogen-bond acceptors (Lipinski definition) is 6. The van der Waals surface area contributed by atoms with Crippen molar-refractivity contribution in [1.82, 2.24) is 30.1 Å². The average molecular weight is 513 g/mol. The molecule has 3 aromatic carbocycles. The largest absolute Gasteiger partial charge is 0.383 e. The summed E-state index contributed by atoms with van der Waals surface area (Å²) in [7, 11) is 1.62. The molecule has 5 rings (SSSR count). The van der Waals surface area contributed by atoms with Crippen LogP contribution in [-0.2, 0) is 24.4 Å². The Kier molecular flexibility index (Phi) is 7.67. The van der Waals surface area contributed by atoms with Crippen LogP contribution in [0, 0.1) is 12.7 Å². The summed E-state index contributed by atoms with van der Waals surface area (Å²) in [5.74, 6) is 0.224. The normalized spacial score (nSPS) is 12.3. The molecule has 0 unspecified atom stereocenters. The second-order valence-corrected chi connectivity index (χ2v) is 9.27. The molecule has 1 N–H and O–H groups in total. The second-order valence-electron chi connectivity index (χ2n) is 9.27. The zero-order chi connectivity index (χ0) is 26.5. The van der Waals surface area contributed by atoms with Crippen LogP contribution in [0.15, 0.2) is 83.7 Å². The van der Waals surface area contributed by atoms with Crippen LogP contribution in [0.5, 0.6) is 0 Å².